The van der Waals surface area contributed by atoms with Gasteiger partial charge in [-0.3, -0.25) is 4.79 Å². The van der Waals surface area contributed by atoms with Crippen LogP contribution in [0.25, 0.3) is 49.9 Å². The predicted molar refractivity (Wildman–Crippen MR) is 189 cm³/mol. The number of fused-ring (bicyclic) bond motifs is 5. The lowest BCUT2D eigenvalue weighted by Crippen LogP contribution is -2.27. The molecule has 0 fully saturated rings. The molecule has 0 unspecified atom stereocenters. The Labute approximate surface area is 265 Å². The van der Waals surface area contributed by atoms with E-state index in [4.69, 9.17) is 11.6 Å². The van der Waals surface area contributed by atoms with Gasteiger partial charge in [0, 0.05) is 5.57 Å². The Morgan fingerprint density at radius 2 is 1.45 bits per heavy atom. The van der Waals surface area contributed by atoms with E-state index in [2.05, 4.69) is 107 Å². The van der Waals surface area contributed by atoms with E-state index < -0.39 is 5.24 Å². The van der Waals surface area contributed by atoms with Crippen molar-refractivity contribution in [2.24, 2.45) is 5.41 Å². The van der Waals surface area contributed by atoms with Gasteiger partial charge in [0.1, 0.15) is 0 Å². The lowest BCUT2D eigenvalue weighted by Gasteiger charge is -2.40. The third kappa shape index (κ3) is 4.84. The Morgan fingerprint density at radius 3 is 2.23 bits per heavy atom. The third-order valence-corrected chi connectivity index (χ3v) is 9.79. The van der Waals surface area contributed by atoms with E-state index in [9.17, 15) is 4.79 Å². The van der Waals surface area contributed by atoms with Crippen molar-refractivity contribution in [3.05, 3.63) is 137 Å². The molecular weight excluding hydrogens is 556 g/mol. The van der Waals surface area contributed by atoms with Gasteiger partial charge in [-0.1, -0.05) is 130 Å². The molecule has 0 saturated carbocycles. The van der Waals surface area contributed by atoms with Gasteiger partial charge in [-0.2, -0.15) is 0 Å². The summed E-state index contributed by atoms with van der Waals surface area (Å²) >= 11 is 6.23. The van der Waals surface area contributed by atoms with E-state index in [0.29, 0.717) is 5.57 Å². The Balaban J connectivity index is 1.46. The van der Waals surface area contributed by atoms with Gasteiger partial charge in [0.15, 0.2) is 0 Å². The molecule has 0 amide bonds. The van der Waals surface area contributed by atoms with Crippen LogP contribution in [-0.4, -0.2) is 5.24 Å². The van der Waals surface area contributed by atoms with Crippen LogP contribution in [-0.2, 0) is 10.2 Å². The maximum absolute atomic E-state index is 12.8. The van der Waals surface area contributed by atoms with Crippen LogP contribution < -0.4 is 0 Å². The molecule has 2 aliphatic rings. The largest absolute Gasteiger partial charge is 0.276 e. The van der Waals surface area contributed by atoms with Crippen LogP contribution in [0.4, 0.5) is 0 Å². The number of rotatable bonds is 4. The summed E-state index contributed by atoms with van der Waals surface area (Å²) in [7, 11) is 0. The number of aryl methyl sites for hydroxylation is 1. The Morgan fingerprint density at radius 1 is 0.750 bits per heavy atom. The van der Waals surface area contributed by atoms with Crippen molar-refractivity contribution in [3.63, 3.8) is 0 Å². The maximum Gasteiger partial charge on any atom is 0.253 e. The number of carbonyl (C=O) groups is 1. The Hall–Kier alpha value is -4.20. The highest BCUT2D eigenvalue weighted by Crippen LogP contribution is 2.51. The SMILES string of the molecule is Cc1cc2c3c(ccc2cc1-c1ccc2ccccc2c1C=C(C(=O)Cl)c1ccccc1)C1=C(CC(C)(C)C=C1)CC3(C)C. The smallest absolute Gasteiger partial charge is 0.253 e. The van der Waals surface area contributed by atoms with Gasteiger partial charge in [-0.25, -0.2) is 0 Å². The van der Waals surface area contributed by atoms with Crippen LogP contribution >= 0.6 is 11.6 Å². The van der Waals surface area contributed by atoms with Gasteiger partial charge in [0.2, 0.25) is 0 Å². The minimum Gasteiger partial charge on any atom is -0.276 e. The van der Waals surface area contributed by atoms with Crippen LogP contribution in [0.3, 0.4) is 0 Å². The molecule has 0 heterocycles. The number of allylic oxidation sites excluding steroid dienone is 5. The molecule has 0 aliphatic heterocycles. The van der Waals surface area contributed by atoms with Gasteiger partial charge >= 0.3 is 0 Å². The summed E-state index contributed by atoms with van der Waals surface area (Å²) in [6.07, 6.45) is 8.93. The summed E-state index contributed by atoms with van der Waals surface area (Å²) in [4.78, 5) is 12.8. The van der Waals surface area contributed by atoms with Crippen LogP contribution in [0, 0.1) is 12.3 Å². The molecule has 2 heteroatoms. The predicted octanol–water partition coefficient (Wildman–Crippen LogP) is 11.7. The average molecular weight is 593 g/mol. The molecule has 0 spiro atoms. The van der Waals surface area contributed by atoms with Crippen molar-refractivity contribution in [2.75, 3.05) is 0 Å². The van der Waals surface area contributed by atoms with Gasteiger partial charge in [0.05, 0.1) is 0 Å². The van der Waals surface area contributed by atoms with Crippen molar-refractivity contribution in [3.8, 4) is 11.1 Å². The van der Waals surface area contributed by atoms with Crippen LogP contribution in [0.1, 0.15) is 68.4 Å². The molecule has 1 nitrogen and oxygen atoms in total. The van der Waals surface area contributed by atoms with Gasteiger partial charge in [-0.15, -0.1) is 0 Å². The molecule has 5 aromatic rings. The zero-order chi connectivity index (χ0) is 30.8. The minimum absolute atomic E-state index is 0.0328. The molecule has 0 aromatic heterocycles. The van der Waals surface area contributed by atoms with E-state index in [0.717, 1.165) is 45.9 Å². The summed E-state index contributed by atoms with van der Waals surface area (Å²) < 4.78 is 0. The van der Waals surface area contributed by atoms with E-state index in [-0.39, 0.29) is 10.8 Å². The van der Waals surface area contributed by atoms with E-state index >= 15 is 0 Å². The molecule has 0 saturated heterocycles. The van der Waals surface area contributed by atoms with Crippen molar-refractivity contribution >= 4 is 55.6 Å². The summed E-state index contributed by atoms with van der Waals surface area (Å²) in [6, 6.07) is 31.8. The van der Waals surface area contributed by atoms with Crippen LogP contribution in [0.5, 0.6) is 0 Å². The van der Waals surface area contributed by atoms with E-state index in [1.54, 1.807) is 5.57 Å². The number of hydrogen-bond donors (Lipinski definition) is 0. The molecule has 0 radical (unpaired) electrons. The quantitative estimate of drug-likeness (QED) is 0.115. The highest BCUT2D eigenvalue weighted by atomic mass is 35.5. The third-order valence-electron chi connectivity index (χ3n) is 9.58. The number of halogens is 1. The lowest BCUT2D eigenvalue weighted by atomic mass is 9.64. The first kappa shape index (κ1) is 28.6. The molecule has 218 valence electrons. The lowest BCUT2D eigenvalue weighted by molar-refractivity contribution is -0.106. The zero-order valence-corrected chi connectivity index (χ0v) is 26.8. The van der Waals surface area contributed by atoms with Gasteiger partial charge in [-0.05, 0) is 120 Å². The molecule has 0 N–H and O–H groups in total. The minimum atomic E-state index is -0.465. The second-order valence-corrected chi connectivity index (χ2v) is 14.2. The molecule has 2 aliphatic carbocycles. The normalized spacial score (nSPS) is 17.1. The molecule has 0 bridgehead atoms. The van der Waals surface area contributed by atoms with E-state index in [1.165, 1.54) is 33.0 Å². The molecular formula is C42H37ClO. The van der Waals surface area contributed by atoms with Crippen molar-refractivity contribution in [1.29, 1.82) is 0 Å². The van der Waals surface area contributed by atoms with Crippen molar-refractivity contribution in [2.45, 2.75) is 52.9 Å². The van der Waals surface area contributed by atoms with Crippen LogP contribution in [0.2, 0.25) is 0 Å². The monoisotopic (exact) mass is 592 g/mol. The fourth-order valence-corrected chi connectivity index (χ4v) is 7.78. The Bertz CT molecular complexity index is 2090. The molecule has 0 atom stereocenters. The van der Waals surface area contributed by atoms with Crippen molar-refractivity contribution in [1.82, 2.24) is 0 Å². The fourth-order valence-electron chi connectivity index (χ4n) is 7.62. The molecule has 44 heavy (non-hydrogen) atoms. The highest BCUT2D eigenvalue weighted by Gasteiger charge is 2.36. The first-order valence-electron chi connectivity index (χ1n) is 15.5. The van der Waals surface area contributed by atoms with Crippen LogP contribution in [0.15, 0.2) is 109 Å². The summed E-state index contributed by atoms with van der Waals surface area (Å²) in [5.41, 5.74) is 11.8. The number of carbonyl (C=O) groups excluding carboxylic acids is 1. The number of hydrogen-bond acceptors (Lipinski definition) is 1. The number of benzene rings is 5. The zero-order valence-electron chi connectivity index (χ0n) is 26.1. The van der Waals surface area contributed by atoms with E-state index in [1.807, 2.05) is 36.4 Å². The maximum atomic E-state index is 12.8. The first-order chi connectivity index (χ1) is 21.0. The summed E-state index contributed by atoms with van der Waals surface area (Å²) in [5.74, 6) is 0. The summed E-state index contributed by atoms with van der Waals surface area (Å²) in [6.45, 7) is 11.7. The topological polar surface area (TPSA) is 17.1 Å². The van der Waals surface area contributed by atoms with Gasteiger partial charge in [0.25, 0.3) is 5.24 Å². The highest BCUT2D eigenvalue weighted by molar-refractivity contribution is 6.75. The fraction of sp³-hybridized carbons (Fsp3) is 0.214. The summed E-state index contributed by atoms with van der Waals surface area (Å²) in [5, 5.41) is 4.32. The second kappa shape index (κ2) is 10.5. The molecule has 5 aromatic carbocycles. The standard InChI is InChI=1S/C42H37ClO/c1-26-21-36-29(16-18-34-32-19-20-41(2,3)24-30(32)25-42(4,5)39(34)36)22-35(26)33-17-15-28-13-9-10-14-31(28)38(33)23-37(40(43)44)27-11-7-6-8-12-27/h6-23H,24-25H2,1-5H3. The first-order valence-corrected chi connectivity index (χ1v) is 15.9. The second-order valence-electron chi connectivity index (χ2n) is 13.9. The Kier molecular flexibility index (Phi) is 6.79. The van der Waals surface area contributed by atoms with Gasteiger partial charge < -0.3 is 0 Å². The average Bonchev–Trinajstić information content (AvgIpc) is 2.98. The molecule has 7 rings (SSSR count). The van der Waals surface area contributed by atoms with Crippen molar-refractivity contribution < 1.29 is 4.79 Å².